The number of rotatable bonds is 5. The third-order valence-electron chi connectivity index (χ3n) is 4.53. The van der Waals surface area contributed by atoms with Crippen molar-refractivity contribution < 1.29 is 9.47 Å². The van der Waals surface area contributed by atoms with Crippen LogP contribution in [0.3, 0.4) is 0 Å². The Morgan fingerprint density at radius 2 is 1.82 bits per heavy atom. The highest BCUT2D eigenvalue weighted by Gasteiger charge is 2.12. The number of ether oxygens (including phenoxy) is 2. The van der Waals surface area contributed by atoms with Gasteiger partial charge < -0.3 is 25.8 Å². The molecule has 8 nitrogen and oxygen atoms in total. The van der Waals surface area contributed by atoms with E-state index in [2.05, 4.69) is 32.0 Å². The van der Waals surface area contributed by atoms with Crippen LogP contribution in [0.25, 0.3) is 11.3 Å². The molecule has 0 unspecified atom stereocenters. The van der Waals surface area contributed by atoms with Crippen molar-refractivity contribution in [3.05, 3.63) is 54.4 Å². The van der Waals surface area contributed by atoms with E-state index in [-0.39, 0.29) is 12.4 Å². The molecule has 1 fully saturated rings. The van der Waals surface area contributed by atoms with Crippen molar-refractivity contribution in [1.29, 1.82) is 0 Å². The summed E-state index contributed by atoms with van der Waals surface area (Å²) in [6, 6.07) is 11.8. The molecular weight excluding hydrogens is 356 g/mol. The van der Waals surface area contributed by atoms with Crippen LogP contribution < -0.4 is 21.1 Å². The van der Waals surface area contributed by atoms with E-state index in [0.717, 1.165) is 37.4 Å². The zero-order valence-corrected chi connectivity index (χ0v) is 15.4. The summed E-state index contributed by atoms with van der Waals surface area (Å²) in [7, 11) is 0. The van der Waals surface area contributed by atoms with Crippen molar-refractivity contribution in [3.8, 4) is 17.1 Å². The predicted octanol–water partition coefficient (Wildman–Crippen LogP) is 2.12. The van der Waals surface area contributed by atoms with E-state index in [0.29, 0.717) is 17.4 Å². The molecule has 0 bridgehead atoms. The SMILES string of the molecule is Nc1cc(COc2nc(-c3ccc(N4CCOCC4)cc3)cnc2N)ccn1. The van der Waals surface area contributed by atoms with Gasteiger partial charge in [-0.05, 0) is 29.8 Å². The van der Waals surface area contributed by atoms with Crippen LogP contribution in [0.2, 0.25) is 0 Å². The Kier molecular flexibility index (Phi) is 5.20. The molecule has 0 saturated carbocycles. The standard InChI is InChI=1S/C20H22N6O2/c21-18-11-14(5-6-23-18)13-28-20-19(22)24-12-17(25-20)15-1-3-16(4-2-15)26-7-9-27-10-8-26/h1-6,11-12H,7-10,13H2,(H2,21,23)(H2,22,24). The van der Waals surface area contributed by atoms with E-state index in [4.69, 9.17) is 20.9 Å². The molecule has 0 aliphatic carbocycles. The van der Waals surface area contributed by atoms with Gasteiger partial charge in [-0.2, -0.15) is 0 Å². The molecule has 3 heterocycles. The quantitative estimate of drug-likeness (QED) is 0.694. The summed E-state index contributed by atoms with van der Waals surface area (Å²) in [5, 5.41) is 0. The van der Waals surface area contributed by atoms with Crippen molar-refractivity contribution in [1.82, 2.24) is 15.0 Å². The molecule has 144 valence electrons. The lowest BCUT2D eigenvalue weighted by Crippen LogP contribution is -2.36. The smallest absolute Gasteiger partial charge is 0.258 e. The van der Waals surface area contributed by atoms with Gasteiger partial charge in [0.25, 0.3) is 5.88 Å². The number of hydrogen-bond acceptors (Lipinski definition) is 8. The first-order chi connectivity index (χ1) is 13.7. The molecule has 0 spiro atoms. The van der Waals surface area contributed by atoms with E-state index in [1.165, 1.54) is 5.69 Å². The summed E-state index contributed by atoms with van der Waals surface area (Å²) in [4.78, 5) is 15.0. The first-order valence-electron chi connectivity index (χ1n) is 9.08. The van der Waals surface area contributed by atoms with Crippen molar-refractivity contribution in [2.45, 2.75) is 6.61 Å². The van der Waals surface area contributed by atoms with Gasteiger partial charge in [-0.1, -0.05) is 12.1 Å². The van der Waals surface area contributed by atoms with Crippen molar-refractivity contribution in [2.24, 2.45) is 0 Å². The van der Waals surface area contributed by atoms with Crippen molar-refractivity contribution in [3.63, 3.8) is 0 Å². The maximum atomic E-state index is 5.93. The van der Waals surface area contributed by atoms with Crippen LogP contribution >= 0.6 is 0 Å². The van der Waals surface area contributed by atoms with Crippen LogP contribution in [0.5, 0.6) is 5.88 Å². The molecule has 4 rings (SSSR count). The Bertz CT molecular complexity index is 942. The number of aromatic nitrogens is 3. The molecule has 0 radical (unpaired) electrons. The summed E-state index contributed by atoms with van der Waals surface area (Å²) in [5.41, 5.74) is 15.3. The van der Waals surface area contributed by atoms with Crippen LogP contribution in [-0.4, -0.2) is 41.3 Å². The van der Waals surface area contributed by atoms with Gasteiger partial charge in [0.15, 0.2) is 5.82 Å². The molecule has 8 heteroatoms. The molecule has 0 atom stereocenters. The maximum Gasteiger partial charge on any atom is 0.258 e. The summed E-state index contributed by atoms with van der Waals surface area (Å²) in [5.74, 6) is 0.982. The van der Waals surface area contributed by atoms with Crippen molar-refractivity contribution >= 4 is 17.3 Å². The molecule has 1 saturated heterocycles. The molecule has 3 aromatic rings. The van der Waals surface area contributed by atoms with Gasteiger partial charge in [0.2, 0.25) is 0 Å². The highest BCUT2D eigenvalue weighted by Crippen LogP contribution is 2.26. The fraction of sp³-hybridized carbons (Fsp3) is 0.250. The van der Waals surface area contributed by atoms with Gasteiger partial charge in [0, 0.05) is 30.5 Å². The Balaban J connectivity index is 1.49. The molecule has 1 aromatic carbocycles. The second kappa shape index (κ2) is 8.10. The number of anilines is 3. The van der Waals surface area contributed by atoms with E-state index < -0.39 is 0 Å². The molecular formula is C20H22N6O2. The normalized spacial score (nSPS) is 14.1. The molecule has 2 aromatic heterocycles. The number of hydrogen-bond donors (Lipinski definition) is 2. The second-order valence-electron chi connectivity index (χ2n) is 6.47. The lowest BCUT2D eigenvalue weighted by molar-refractivity contribution is 0.122. The van der Waals surface area contributed by atoms with E-state index in [1.54, 1.807) is 18.5 Å². The third-order valence-corrected chi connectivity index (χ3v) is 4.53. The largest absolute Gasteiger partial charge is 0.470 e. The fourth-order valence-electron chi connectivity index (χ4n) is 3.03. The number of nitrogens with two attached hydrogens (primary N) is 2. The fourth-order valence-corrected chi connectivity index (χ4v) is 3.03. The van der Waals surface area contributed by atoms with E-state index in [9.17, 15) is 0 Å². The Hall–Kier alpha value is -3.39. The monoisotopic (exact) mass is 378 g/mol. The van der Waals surface area contributed by atoms with Crippen LogP contribution in [-0.2, 0) is 11.3 Å². The summed E-state index contributed by atoms with van der Waals surface area (Å²) < 4.78 is 11.2. The Morgan fingerprint density at radius 1 is 1.04 bits per heavy atom. The summed E-state index contributed by atoms with van der Waals surface area (Å²) in [6.07, 6.45) is 3.28. The molecule has 1 aliphatic rings. The Morgan fingerprint density at radius 3 is 2.57 bits per heavy atom. The topological polar surface area (TPSA) is 112 Å². The first kappa shape index (κ1) is 18.0. The van der Waals surface area contributed by atoms with E-state index >= 15 is 0 Å². The summed E-state index contributed by atoms with van der Waals surface area (Å²) >= 11 is 0. The van der Waals surface area contributed by atoms with Gasteiger partial charge in [-0.25, -0.2) is 15.0 Å². The van der Waals surface area contributed by atoms with Gasteiger partial charge in [-0.15, -0.1) is 0 Å². The number of morpholine rings is 1. The molecule has 4 N–H and O–H groups in total. The lowest BCUT2D eigenvalue weighted by atomic mass is 10.1. The van der Waals surface area contributed by atoms with Crippen LogP contribution in [0.1, 0.15) is 5.56 Å². The highest BCUT2D eigenvalue weighted by molar-refractivity contribution is 5.64. The number of pyridine rings is 1. The molecule has 1 aliphatic heterocycles. The van der Waals surface area contributed by atoms with Crippen LogP contribution in [0, 0.1) is 0 Å². The van der Waals surface area contributed by atoms with Crippen molar-refractivity contribution in [2.75, 3.05) is 42.7 Å². The minimum Gasteiger partial charge on any atom is -0.470 e. The minimum atomic E-state index is 0.246. The average molecular weight is 378 g/mol. The summed E-state index contributed by atoms with van der Waals surface area (Å²) in [6.45, 7) is 3.60. The maximum absolute atomic E-state index is 5.93. The van der Waals surface area contributed by atoms with Gasteiger partial charge in [0.05, 0.1) is 25.1 Å². The van der Waals surface area contributed by atoms with Crippen LogP contribution in [0.4, 0.5) is 17.3 Å². The van der Waals surface area contributed by atoms with Gasteiger partial charge in [0.1, 0.15) is 12.4 Å². The molecule has 0 amide bonds. The minimum absolute atomic E-state index is 0.246. The van der Waals surface area contributed by atoms with E-state index in [1.807, 2.05) is 18.2 Å². The second-order valence-corrected chi connectivity index (χ2v) is 6.47. The average Bonchev–Trinajstić information content (AvgIpc) is 2.74. The highest BCUT2D eigenvalue weighted by atomic mass is 16.5. The van der Waals surface area contributed by atoms with Crippen LogP contribution in [0.15, 0.2) is 48.8 Å². The number of nitrogens with zero attached hydrogens (tertiary/aromatic N) is 4. The van der Waals surface area contributed by atoms with Gasteiger partial charge >= 0.3 is 0 Å². The lowest BCUT2D eigenvalue weighted by Gasteiger charge is -2.28. The third kappa shape index (κ3) is 4.12. The molecule has 28 heavy (non-hydrogen) atoms. The predicted molar refractivity (Wildman–Crippen MR) is 108 cm³/mol. The number of benzene rings is 1. The number of nitrogen functional groups attached to an aromatic ring is 2. The van der Waals surface area contributed by atoms with Gasteiger partial charge in [-0.3, -0.25) is 0 Å². The Labute approximate surface area is 163 Å². The first-order valence-corrected chi connectivity index (χ1v) is 9.08. The zero-order chi connectivity index (χ0) is 19.3. The zero-order valence-electron chi connectivity index (χ0n) is 15.4.